The summed E-state index contributed by atoms with van der Waals surface area (Å²) in [7, 11) is 0. The van der Waals surface area contributed by atoms with Crippen LogP contribution in [0.5, 0.6) is 0 Å². The molecule has 0 aromatic heterocycles. The molecule has 0 aliphatic carbocycles. The van der Waals surface area contributed by atoms with Crippen LogP contribution < -0.4 is 5.32 Å². The van der Waals surface area contributed by atoms with E-state index in [-0.39, 0.29) is 12.0 Å². The lowest BCUT2D eigenvalue weighted by Gasteiger charge is -2.28. The van der Waals surface area contributed by atoms with E-state index in [1.807, 2.05) is 39.0 Å². The van der Waals surface area contributed by atoms with Crippen LogP contribution in [0, 0.1) is 0 Å². The first kappa shape index (κ1) is 13.4. The van der Waals surface area contributed by atoms with E-state index in [1.54, 1.807) is 0 Å². The van der Waals surface area contributed by atoms with E-state index in [0.717, 1.165) is 5.56 Å². The molecule has 1 unspecified atom stereocenters. The minimum Gasteiger partial charge on any atom is -0.459 e. The molecule has 18 heavy (non-hydrogen) atoms. The Morgan fingerprint density at radius 1 is 1.39 bits per heavy atom. The van der Waals surface area contributed by atoms with E-state index in [0.29, 0.717) is 18.0 Å². The maximum absolute atomic E-state index is 12.0. The number of nitrogens with one attached hydrogen (secondary N) is 1. The monoisotopic (exact) mass is 267 g/mol. The standard InChI is InChI=1S/C14H18ClNO2/c1-14(2,3)18-13(17)12-7-10-6-11(15)5-4-9(10)8-16-12/h4-6,12,16H,7-8H2,1-3H3. The molecule has 98 valence electrons. The molecule has 1 aliphatic rings. The minimum absolute atomic E-state index is 0.201. The Balaban J connectivity index is 2.09. The van der Waals surface area contributed by atoms with Gasteiger partial charge in [0, 0.05) is 11.6 Å². The molecule has 0 fully saturated rings. The van der Waals surface area contributed by atoms with Crippen molar-refractivity contribution in [3.63, 3.8) is 0 Å². The zero-order valence-corrected chi connectivity index (χ0v) is 11.7. The number of hydrogen-bond acceptors (Lipinski definition) is 3. The Kier molecular flexibility index (Phi) is 3.64. The van der Waals surface area contributed by atoms with Crippen LogP contribution in [0.25, 0.3) is 0 Å². The van der Waals surface area contributed by atoms with Crippen LogP contribution in [-0.4, -0.2) is 17.6 Å². The summed E-state index contributed by atoms with van der Waals surface area (Å²) in [5.41, 5.74) is 1.87. The van der Waals surface area contributed by atoms with Gasteiger partial charge < -0.3 is 10.1 Å². The Bertz CT molecular complexity index is 465. The molecule has 1 atom stereocenters. The smallest absolute Gasteiger partial charge is 0.324 e. The first-order chi connectivity index (χ1) is 8.35. The van der Waals surface area contributed by atoms with Crippen LogP contribution in [0.1, 0.15) is 31.9 Å². The van der Waals surface area contributed by atoms with Crippen molar-refractivity contribution < 1.29 is 9.53 Å². The van der Waals surface area contributed by atoms with Crippen molar-refractivity contribution in [3.05, 3.63) is 34.3 Å². The lowest BCUT2D eigenvalue weighted by atomic mass is 9.96. The second-order valence-corrected chi connectivity index (χ2v) is 6.02. The summed E-state index contributed by atoms with van der Waals surface area (Å²) in [6, 6.07) is 5.51. The molecule has 1 N–H and O–H groups in total. The van der Waals surface area contributed by atoms with E-state index in [4.69, 9.17) is 16.3 Å². The van der Waals surface area contributed by atoms with Gasteiger partial charge in [0.2, 0.25) is 0 Å². The van der Waals surface area contributed by atoms with Crippen LogP contribution in [0.3, 0.4) is 0 Å². The van der Waals surface area contributed by atoms with Crippen LogP contribution in [-0.2, 0) is 22.5 Å². The van der Waals surface area contributed by atoms with Crippen molar-refractivity contribution in [3.8, 4) is 0 Å². The highest BCUT2D eigenvalue weighted by atomic mass is 35.5. The summed E-state index contributed by atoms with van der Waals surface area (Å²) < 4.78 is 5.39. The lowest BCUT2D eigenvalue weighted by molar-refractivity contribution is -0.157. The summed E-state index contributed by atoms with van der Waals surface area (Å²) in [6.45, 7) is 6.30. The topological polar surface area (TPSA) is 38.3 Å². The molecule has 0 saturated carbocycles. The molecule has 0 spiro atoms. The second kappa shape index (κ2) is 4.90. The highest BCUT2D eigenvalue weighted by Crippen LogP contribution is 2.22. The number of ether oxygens (including phenoxy) is 1. The fraction of sp³-hybridized carbons (Fsp3) is 0.500. The number of carbonyl (C=O) groups excluding carboxylic acids is 1. The molecular weight excluding hydrogens is 250 g/mol. The van der Waals surface area contributed by atoms with Crippen molar-refractivity contribution in [2.75, 3.05) is 0 Å². The SMILES string of the molecule is CC(C)(C)OC(=O)C1Cc2cc(Cl)ccc2CN1. The van der Waals surface area contributed by atoms with Crippen molar-refractivity contribution >= 4 is 17.6 Å². The molecule has 0 saturated heterocycles. The van der Waals surface area contributed by atoms with Crippen LogP contribution in [0.15, 0.2) is 18.2 Å². The first-order valence-corrected chi connectivity index (χ1v) is 6.46. The van der Waals surface area contributed by atoms with Crippen molar-refractivity contribution in [1.29, 1.82) is 0 Å². The van der Waals surface area contributed by atoms with Gasteiger partial charge in [0.15, 0.2) is 0 Å². The fourth-order valence-corrected chi connectivity index (χ4v) is 2.22. The maximum atomic E-state index is 12.0. The third-order valence-electron chi connectivity index (χ3n) is 2.82. The number of benzene rings is 1. The molecule has 4 heteroatoms. The van der Waals surface area contributed by atoms with Gasteiger partial charge >= 0.3 is 5.97 Å². The predicted molar refractivity (Wildman–Crippen MR) is 71.6 cm³/mol. The number of rotatable bonds is 1. The average Bonchev–Trinajstić information content (AvgIpc) is 2.25. The van der Waals surface area contributed by atoms with Crippen molar-refractivity contribution in [2.45, 2.75) is 45.4 Å². The fourth-order valence-electron chi connectivity index (χ4n) is 2.02. The molecule has 3 nitrogen and oxygen atoms in total. The molecule has 1 aliphatic heterocycles. The molecule has 1 aromatic carbocycles. The Morgan fingerprint density at radius 2 is 2.11 bits per heavy atom. The number of halogens is 1. The van der Waals surface area contributed by atoms with Gasteiger partial charge in [-0.2, -0.15) is 0 Å². The van der Waals surface area contributed by atoms with Gasteiger partial charge in [0.25, 0.3) is 0 Å². The quantitative estimate of drug-likeness (QED) is 0.795. The summed E-state index contributed by atoms with van der Waals surface area (Å²) >= 11 is 5.97. The summed E-state index contributed by atoms with van der Waals surface area (Å²) in [6.07, 6.45) is 0.630. The lowest BCUT2D eigenvalue weighted by Crippen LogP contribution is -2.45. The van der Waals surface area contributed by atoms with Crippen molar-refractivity contribution in [2.24, 2.45) is 0 Å². The summed E-state index contributed by atoms with van der Waals surface area (Å²) in [4.78, 5) is 12.0. The van der Waals surface area contributed by atoms with Crippen LogP contribution in [0.2, 0.25) is 5.02 Å². The Morgan fingerprint density at radius 3 is 2.78 bits per heavy atom. The van der Waals surface area contributed by atoms with E-state index >= 15 is 0 Å². The molecule has 0 radical (unpaired) electrons. The van der Waals surface area contributed by atoms with Gasteiger partial charge in [-0.25, -0.2) is 0 Å². The van der Waals surface area contributed by atoms with Gasteiger partial charge in [0.1, 0.15) is 11.6 Å². The predicted octanol–water partition coefficient (Wildman–Crippen LogP) is 2.70. The van der Waals surface area contributed by atoms with Crippen molar-refractivity contribution in [1.82, 2.24) is 5.32 Å². The Labute approximate surface area is 112 Å². The average molecular weight is 268 g/mol. The highest BCUT2D eigenvalue weighted by molar-refractivity contribution is 6.30. The van der Waals surface area contributed by atoms with E-state index in [9.17, 15) is 4.79 Å². The number of hydrogen-bond donors (Lipinski definition) is 1. The van der Waals surface area contributed by atoms with Gasteiger partial charge in [-0.15, -0.1) is 0 Å². The number of esters is 1. The Hall–Kier alpha value is -1.06. The number of fused-ring (bicyclic) bond motifs is 1. The summed E-state index contributed by atoms with van der Waals surface area (Å²) in [5, 5.41) is 3.91. The molecule has 1 heterocycles. The van der Waals surface area contributed by atoms with E-state index < -0.39 is 5.60 Å². The molecule has 1 aromatic rings. The second-order valence-electron chi connectivity index (χ2n) is 5.58. The molecule has 2 rings (SSSR count). The number of carbonyl (C=O) groups is 1. The molecule has 0 amide bonds. The maximum Gasteiger partial charge on any atom is 0.324 e. The highest BCUT2D eigenvalue weighted by Gasteiger charge is 2.28. The summed E-state index contributed by atoms with van der Waals surface area (Å²) in [5.74, 6) is -0.201. The molecular formula is C14H18ClNO2. The first-order valence-electron chi connectivity index (χ1n) is 6.09. The zero-order chi connectivity index (χ0) is 13.3. The zero-order valence-electron chi connectivity index (χ0n) is 10.9. The van der Waals surface area contributed by atoms with Gasteiger partial charge in [-0.1, -0.05) is 17.7 Å². The third-order valence-corrected chi connectivity index (χ3v) is 3.06. The molecule has 0 bridgehead atoms. The van der Waals surface area contributed by atoms with Gasteiger partial charge in [-0.05, 0) is 50.5 Å². The largest absolute Gasteiger partial charge is 0.459 e. The van der Waals surface area contributed by atoms with Crippen LogP contribution >= 0.6 is 11.6 Å². The minimum atomic E-state index is -0.451. The van der Waals surface area contributed by atoms with Gasteiger partial charge in [-0.3, -0.25) is 4.79 Å². The van der Waals surface area contributed by atoms with Crippen LogP contribution in [0.4, 0.5) is 0 Å². The van der Waals surface area contributed by atoms with E-state index in [2.05, 4.69) is 5.32 Å². The third kappa shape index (κ3) is 3.24. The normalized spacial score (nSPS) is 19.2. The van der Waals surface area contributed by atoms with E-state index in [1.165, 1.54) is 5.56 Å². The van der Waals surface area contributed by atoms with Gasteiger partial charge in [0.05, 0.1) is 0 Å².